The maximum Gasteiger partial charge on any atom is 0.152 e. The first-order valence-corrected chi connectivity index (χ1v) is 10.1. The van der Waals surface area contributed by atoms with E-state index in [0.29, 0.717) is 32.5 Å². The third-order valence-electron chi connectivity index (χ3n) is 5.56. The molecule has 2 fully saturated rings. The van der Waals surface area contributed by atoms with Crippen LogP contribution >= 0.6 is 23.2 Å². The fraction of sp³-hybridized carbons (Fsp3) is 0.429. The maximum absolute atomic E-state index is 6.28. The number of aromatic nitrogens is 2. The van der Waals surface area contributed by atoms with Crippen molar-refractivity contribution in [2.75, 3.05) is 23.7 Å². The number of allylic oxidation sites excluding steroid dienone is 1. The van der Waals surface area contributed by atoms with Crippen LogP contribution in [0.1, 0.15) is 39.0 Å². The molecule has 2 aliphatic rings. The van der Waals surface area contributed by atoms with Gasteiger partial charge in [0.1, 0.15) is 11.5 Å². The van der Waals surface area contributed by atoms with Crippen molar-refractivity contribution in [1.82, 2.24) is 9.97 Å². The SMILES string of the molecule is C=CC.Nc1nc(N2CCC3(CCC3)CC2)cnc1-c1cccc(Cl)c1Cl. The third-order valence-corrected chi connectivity index (χ3v) is 6.37. The summed E-state index contributed by atoms with van der Waals surface area (Å²) in [6, 6.07) is 5.44. The molecule has 4 rings (SSSR count). The quantitative estimate of drug-likeness (QED) is 0.623. The summed E-state index contributed by atoms with van der Waals surface area (Å²) >= 11 is 12.4. The molecule has 2 heterocycles. The average molecular weight is 405 g/mol. The van der Waals surface area contributed by atoms with Crippen molar-refractivity contribution in [3.8, 4) is 11.3 Å². The monoisotopic (exact) mass is 404 g/mol. The van der Waals surface area contributed by atoms with Crippen LogP contribution in [0.4, 0.5) is 11.6 Å². The van der Waals surface area contributed by atoms with Crippen molar-refractivity contribution >= 4 is 34.8 Å². The summed E-state index contributed by atoms with van der Waals surface area (Å²) in [5.74, 6) is 1.24. The summed E-state index contributed by atoms with van der Waals surface area (Å²) in [5.41, 5.74) is 8.08. The first kappa shape index (κ1) is 20.0. The Hall–Kier alpha value is -1.78. The van der Waals surface area contributed by atoms with E-state index in [1.807, 2.05) is 19.1 Å². The van der Waals surface area contributed by atoms with E-state index in [9.17, 15) is 0 Å². The molecule has 27 heavy (non-hydrogen) atoms. The smallest absolute Gasteiger partial charge is 0.152 e. The van der Waals surface area contributed by atoms with Gasteiger partial charge in [0.05, 0.1) is 16.2 Å². The highest BCUT2D eigenvalue weighted by molar-refractivity contribution is 6.43. The zero-order valence-corrected chi connectivity index (χ0v) is 17.2. The van der Waals surface area contributed by atoms with E-state index in [-0.39, 0.29) is 0 Å². The van der Waals surface area contributed by atoms with Crippen LogP contribution < -0.4 is 10.6 Å². The van der Waals surface area contributed by atoms with Gasteiger partial charge in [-0.25, -0.2) is 9.97 Å². The van der Waals surface area contributed by atoms with Crippen LogP contribution in [-0.2, 0) is 0 Å². The number of halogens is 2. The van der Waals surface area contributed by atoms with Gasteiger partial charge in [0.15, 0.2) is 5.82 Å². The molecule has 1 aliphatic heterocycles. The number of nitrogens with zero attached hydrogens (tertiary/aromatic N) is 3. The molecule has 1 aliphatic carbocycles. The van der Waals surface area contributed by atoms with Gasteiger partial charge in [-0.1, -0.05) is 47.8 Å². The Morgan fingerprint density at radius 2 is 1.85 bits per heavy atom. The number of hydrogen-bond donors (Lipinski definition) is 1. The first-order chi connectivity index (χ1) is 13.0. The number of hydrogen-bond acceptors (Lipinski definition) is 4. The number of anilines is 2. The van der Waals surface area contributed by atoms with Gasteiger partial charge in [0.2, 0.25) is 0 Å². The van der Waals surface area contributed by atoms with E-state index in [2.05, 4.69) is 21.4 Å². The van der Waals surface area contributed by atoms with Crippen LogP contribution in [-0.4, -0.2) is 23.1 Å². The molecule has 144 valence electrons. The topological polar surface area (TPSA) is 55.0 Å². The molecule has 1 saturated carbocycles. The number of nitrogen functional groups attached to an aromatic ring is 1. The summed E-state index contributed by atoms with van der Waals surface area (Å²) in [4.78, 5) is 11.4. The number of benzene rings is 1. The second kappa shape index (κ2) is 8.49. The van der Waals surface area contributed by atoms with Gasteiger partial charge in [-0.2, -0.15) is 0 Å². The molecule has 1 saturated heterocycles. The molecule has 0 atom stereocenters. The summed E-state index contributed by atoms with van der Waals surface area (Å²) in [5, 5.41) is 0.944. The molecule has 1 aromatic carbocycles. The van der Waals surface area contributed by atoms with Gasteiger partial charge in [-0.15, -0.1) is 6.58 Å². The Bertz CT molecular complexity index is 808. The van der Waals surface area contributed by atoms with E-state index >= 15 is 0 Å². The molecular weight excluding hydrogens is 379 g/mol. The molecule has 0 radical (unpaired) electrons. The molecule has 2 N–H and O–H groups in total. The molecular formula is C21H26Cl2N4. The van der Waals surface area contributed by atoms with E-state index in [1.54, 1.807) is 18.3 Å². The van der Waals surface area contributed by atoms with Crippen molar-refractivity contribution in [2.24, 2.45) is 5.41 Å². The normalized spacial score (nSPS) is 17.7. The minimum absolute atomic E-state index is 0.389. The van der Waals surface area contributed by atoms with Gasteiger partial charge < -0.3 is 10.6 Å². The molecule has 0 amide bonds. The third kappa shape index (κ3) is 4.22. The molecule has 0 unspecified atom stereocenters. The number of rotatable bonds is 2. The predicted octanol–water partition coefficient (Wildman–Crippen LogP) is 6.00. The van der Waals surface area contributed by atoms with Crippen LogP contribution in [0.25, 0.3) is 11.3 Å². The summed E-state index contributed by atoms with van der Waals surface area (Å²) in [6.45, 7) is 7.32. The maximum atomic E-state index is 6.28. The minimum Gasteiger partial charge on any atom is -0.382 e. The molecule has 0 bridgehead atoms. The van der Waals surface area contributed by atoms with Crippen molar-refractivity contribution in [1.29, 1.82) is 0 Å². The van der Waals surface area contributed by atoms with E-state index in [0.717, 1.165) is 18.9 Å². The van der Waals surface area contributed by atoms with Crippen LogP contribution in [0.3, 0.4) is 0 Å². The van der Waals surface area contributed by atoms with E-state index in [1.165, 1.54) is 32.1 Å². The Kier molecular flexibility index (Phi) is 6.28. The largest absolute Gasteiger partial charge is 0.382 e. The van der Waals surface area contributed by atoms with Crippen LogP contribution in [0, 0.1) is 5.41 Å². The van der Waals surface area contributed by atoms with Gasteiger partial charge in [0, 0.05) is 18.7 Å². The summed E-state index contributed by atoms with van der Waals surface area (Å²) < 4.78 is 0. The lowest BCUT2D eigenvalue weighted by Gasteiger charge is -2.48. The van der Waals surface area contributed by atoms with Crippen molar-refractivity contribution < 1.29 is 0 Å². The Labute approximate surface area is 171 Å². The van der Waals surface area contributed by atoms with Crippen LogP contribution in [0.15, 0.2) is 37.1 Å². The van der Waals surface area contributed by atoms with Gasteiger partial charge >= 0.3 is 0 Å². The second-order valence-corrected chi connectivity index (χ2v) is 8.10. The Morgan fingerprint density at radius 1 is 1.19 bits per heavy atom. The van der Waals surface area contributed by atoms with Crippen LogP contribution in [0.5, 0.6) is 0 Å². The lowest BCUT2D eigenvalue weighted by Crippen LogP contribution is -2.43. The van der Waals surface area contributed by atoms with Crippen molar-refractivity contribution in [3.05, 3.63) is 47.1 Å². The summed E-state index contributed by atoms with van der Waals surface area (Å²) in [6.07, 6.45) is 10.2. The fourth-order valence-corrected chi connectivity index (χ4v) is 4.22. The highest BCUT2D eigenvalue weighted by Crippen LogP contribution is 2.49. The lowest BCUT2D eigenvalue weighted by atomic mass is 9.63. The molecule has 1 aromatic heterocycles. The summed E-state index contributed by atoms with van der Waals surface area (Å²) in [7, 11) is 0. The lowest BCUT2D eigenvalue weighted by molar-refractivity contribution is 0.0953. The molecule has 2 aromatic rings. The number of piperidine rings is 1. The van der Waals surface area contributed by atoms with Gasteiger partial charge in [-0.3, -0.25) is 0 Å². The van der Waals surface area contributed by atoms with E-state index < -0.39 is 0 Å². The van der Waals surface area contributed by atoms with Gasteiger partial charge in [-0.05, 0) is 44.1 Å². The highest BCUT2D eigenvalue weighted by atomic mass is 35.5. The zero-order chi connectivity index (χ0) is 19.4. The van der Waals surface area contributed by atoms with Crippen molar-refractivity contribution in [3.63, 3.8) is 0 Å². The standard InChI is InChI=1S/C18H20Cl2N4.C3H6/c19-13-4-1-3-12(15(13)20)16-17(21)23-14(11-22-16)24-9-7-18(8-10-24)5-2-6-18;1-3-2/h1,3-4,11H,2,5-10H2,(H2,21,23);3H,1H2,2H3. The molecule has 6 heteroatoms. The van der Waals surface area contributed by atoms with Gasteiger partial charge in [0.25, 0.3) is 0 Å². The predicted molar refractivity (Wildman–Crippen MR) is 116 cm³/mol. The fourth-order valence-electron chi connectivity index (χ4n) is 3.83. The number of nitrogens with two attached hydrogens (primary N) is 1. The minimum atomic E-state index is 0.389. The van der Waals surface area contributed by atoms with Crippen LogP contribution in [0.2, 0.25) is 10.0 Å². The van der Waals surface area contributed by atoms with E-state index in [4.69, 9.17) is 28.9 Å². The zero-order valence-electron chi connectivity index (χ0n) is 15.7. The second-order valence-electron chi connectivity index (χ2n) is 7.31. The first-order valence-electron chi connectivity index (χ1n) is 9.38. The Balaban J connectivity index is 0.000000659. The Morgan fingerprint density at radius 3 is 2.41 bits per heavy atom. The average Bonchev–Trinajstić information content (AvgIpc) is 2.64. The highest BCUT2D eigenvalue weighted by Gasteiger charge is 2.39. The molecule has 4 nitrogen and oxygen atoms in total. The van der Waals surface area contributed by atoms with Crippen molar-refractivity contribution in [2.45, 2.75) is 39.0 Å². The molecule has 1 spiro atoms.